The molecular weight excluding hydrogens is 266 g/mol. The lowest BCUT2D eigenvalue weighted by atomic mass is 10.3. The summed E-state index contributed by atoms with van der Waals surface area (Å²) in [5.74, 6) is 0. The molecule has 0 bridgehead atoms. The van der Waals surface area contributed by atoms with Gasteiger partial charge in [0.25, 0.3) is 0 Å². The van der Waals surface area contributed by atoms with Gasteiger partial charge in [0.05, 0.1) is 15.9 Å². The molecule has 0 radical (unpaired) electrons. The summed E-state index contributed by atoms with van der Waals surface area (Å²) in [6.45, 7) is 1.88. The summed E-state index contributed by atoms with van der Waals surface area (Å²) in [4.78, 5) is 14.3. The summed E-state index contributed by atoms with van der Waals surface area (Å²) in [5.41, 5.74) is 0.641. The van der Waals surface area contributed by atoms with Gasteiger partial charge < -0.3 is 4.98 Å². The van der Waals surface area contributed by atoms with Crippen molar-refractivity contribution in [2.75, 3.05) is 0 Å². The van der Waals surface area contributed by atoms with Crippen molar-refractivity contribution in [3.8, 4) is 0 Å². The Labute approximate surface area is 113 Å². The molecule has 1 heterocycles. The van der Waals surface area contributed by atoms with E-state index in [4.69, 9.17) is 0 Å². The fourth-order valence-corrected chi connectivity index (χ4v) is 3.55. The van der Waals surface area contributed by atoms with E-state index in [-0.39, 0.29) is 19.0 Å². The van der Waals surface area contributed by atoms with Crippen molar-refractivity contribution in [1.82, 2.24) is 14.3 Å². The highest BCUT2D eigenvalue weighted by Gasteiger charge is 2.41. The maximum atomic E-state index is 12.2. The SMILES string of the molecule is Cn1c(=O)[nH]c2cc(S(=O)(=O)NC3(C)CC3)ccc21.[HH].[HH]. The number of aromatic nitrogens is 2. The average molecular weight is 285 g/mol. The Morgan fingerprint density at radius 1 is 1.42 bits per heavy atom. The van der Waals surface area contributed by atoms with E-state index < -0.39 is 10.0 Å². The number of nitrogens with zero attached hydrogens (tertiary/aromatic N) is 1. The minimum atomic E-state index is -3.53. The van der Waals surface area contributed by atoms with Gasteiger partial charge in [-0.05, 0) is 38.0 Å². The highest BCUT2D eigenvalue weighted by atomic mass is 32.2. The predicted octanol–water partition coefficient (Wildman–Crippen LogP) is 1.19. The zero-order valence-electron chi connectivity index (χ0n) is 10.7. The molecule has 3 rings (SSSR count). The normalized spacial score (nSPS) is 17.8. The van der Waals surface area contributed by atoms with Gasteiger partial charge in [-0.3, -0.25) is 4.57 Å². The van der Waals surface area contributed by atoms with Crippen LogP contribution in [0.3, 0.4) is 0 Å². The van der Waals surface area contributed by atoms with Crippen molar-refractivity contribution in [2.45, 2.75) is 30.2 Å². The summed E-state index contributed by atoms with van der Waals surface area (Å²) in [6, 6.07) is 4.64. The molecule has 1 aliphatic carbocycles. The zero-order chi connectivity index (χ0) is 13.8. The fraction of sp³-hybridized carbons (Fsp3) is 0.417. The molecule has 1 saturated carbocycles. The molecule has 0 saturated heterocycles. The first-order chi connectivity index (χ1) is 8.81. The Kier molecular flexibility index (Phi) is 2.42. The van der Waals surface area contributed by atoms with Gasteiger partial charge in [0.2, 0.25) is 10.0 Å². The van der Waals surface area contributed by atoms with Gasteiger partial charge in [-0.1, -0.05) is 0 Å². The summed E-state index contributed by atoms with van der Waals surface area (Å²) >= 11 is 0. The van der Waals surface area contributed by atoms with Crippen LogP contribution in [0.1, 0.15) is 22.6 Å². The molecule has 1 aromatic carbocycles. The van der Waals surface area contributed by atoms with Crippen LogP contribution in [-0.2, 0) is 17.1 Å². The summed E-state index contributed by atoms with van der Waals surface area (Å²) < 4.78 is 28.6. The number of fused-ring (bicyclic) bond motifs is 1. The second-order valence-corrected chi connectivity index (χ2v) is 7.02. The third-order valence-electron chi connectivity index (χ3n) is 3.57. The molecule has 0 atom stereocenters. The molecular formula is C12H19N3O3S. The fourth-order valence-electron chi connectivity index (χ4n) is 2.06. The summed E-state index contributed by atoms with van der Waals surface area (Å²) in [6.07, 6.45) is 1.72. The zero-order valence-corrected chi connectivity index (χ0v) is 11.5. The van der Waals surface area contributed by atoms with Crippen LogP contribution in [0.25, 0.3) is 11.0 Å². The van der Waals surface area contributed by atoms with Gasteiger partial charge in [0.15, 0.2) is 0 Å². The highest BCUT2D eigenvalue weighted by Crippen LogP contribution is 2.36. The first-order valence-corrected chi connectivity index (χ1v) is 7.52. The number of H-pyrrole nitrogens is 1. The monoisotopic (exact) mass is 285 g/mol. The standard InChI is InChI=1S/C12H15N3O3S.2H2/c1-12(5-6-12)14-19(17,18)8-3-4-10-9(7-8)13-11(16)15(10)2;;/h3-4,7,14H,5-6H2,1-2H3,(H,13,16);2*1H. The number of aryl methyl sites for hydroxylation is 1. The number of rotatable bonds is 3. The first-order valence-electron chi connectivity index (χ1n) is 6.04. The molecule has 2 aromatic rings. The molecule has 1 aromatic heterocycles. The molecule has 106 valence electrons. The van der Waals surface area contributed by atoms with Crippen LogP contribution in [0.4, 0.5) is 0 Å². The molecule has 7 heteroatoms. The van der Waals surface area contributed by atoms with E-state index in [1.165, 1.54) is 16.7 Å². The topological polar surface area (TPSA) is 84.0 Å². The van der Waals surface area contributed by atoms with E-state index in [1.54, 1.807) is 13.1 Å². The van der Waals surface area contributed by atoms with Crippen molar-refractivity contribution >= 4 is 21.1 Å². The van der Waals surface area contributed by atoms with Crippen LogP contribution in [-0.4, -0.2) is 23.5 Å². The van der Waals surface area contributed by atoms with E-state index in [1.807, 2.05) is 6.92 Å². The number of sulfonamides is 1. The largest absolute Gasteiger partial charge is 0.326 e. The smallest absolute Gasteiger partial charge is 0.306 e. The molecule has 0 aliphatic heterocycles. The molecule has 19 heavy (non-hydrogen) atoms. The average Bonchev–Trinajstić information content (AvgIpc) is 2.96. The molecule has 1 fully saturated rings. The number of nitrogens with one attached hydrogen (secondary N) is 2. The number of hydrogen-bond donors (Lipinski definition) is 2. The van der Waals surface area contributed by atoms with Crippen LogP contribution in [0.15, 0.2) is 27.9 Å². The predicted molar refractivity (Wildman–Crippen MR) is 75.7 cm³/mol. The quantitative estimate of drug-likeness (QED) is 0.888. The van der Waals surface area contributed by atoms with E-state index in [9.17, 15) is 13.2 Å². The van der Waals surface area contributed by atoms with Gasteiger partial charge in [-0.2, -0.15) is 0 Å². The lowest BCUT2D eigenvalue weighted by molar-refractivity contribution is 0.558. The van der Waals surface area contributed by atoms with Crippen LogP contribution < -0.4 is 10.4 Å². The Hall–Kier alpha value is -1.60. The van der Waals surface area contributed by atoms with Crippen molar-refractivity contribution < 1.29 is 11.3 Å². The number of hydrogen-bond acceptors (Lipinski definition) is 3. The van der Waals surface area contributed by atoms with Crippen molar-refractivity contribution in [3.63, 3.8) is 0 Å². The summed E-state index contributed by atoms with van der Waals surface area (Å²) in [7, 11) is -1.89. The van der Waals surface area contributed by atoms with Gasteiger partial charge >= 0.3 is 5.69 Å². The lowest BCUT2D eigenvalue weighted by Crippen LogP contribution is -2.34. The van der Waals surface area contributed by atoms with E-state index in [0.717, 1.165) is 12.8 Å². The van der Waals surface area contributed by atoms with Crippen molar-refractivity contribution in [3.05, 3.63) is 28.7 Å². The van der Waals surface area contributed by atoms with Gasteiger partial charge in [-0.25, -0.2) is 17.9 Å². The minimum Gasteiger partial charge on any atom is -0.306 e. The van der Waals surface area contributed by atoms with Crippen LogP contribution in [0.5, 0.6) is 0 Å². The van der Waals surface area contributed by atoms with E-state index >= 15 is 0 Å². The van der Waals surface area contributed by atoms with Gasteiger partial charge in [0, 0.05) is 15.4 Å². The number of imidazole rings is 1. The Morgan fingerprint density at radius 2 is 2.11 bits per heavy atom. The van der Waals surface area contributed by atoms with Crippen LogP contribution in [0, 0.1) is 0 Å². The van der Waals surface area contributed by atoms with E-state index in [0.29, 0.717) is 11.0 Å². The second kappa shape index (κ2) is 3.71. The Bertz CT molecular complexity index is 822. The summed E-state index contributed by atoms with van der Waals surface area (Å²) in [5, 5.41) is 0. The molecule has 0 spiro atoms. The van der Waals surface area contributed by atoms with Crippen LogP contribution >= 0.6 is 0 Å². The van der Waals surface area contributed by atoms with Gasteiger partial charge in [-0.15, -0.1) is 0 Å². The molecule has 2 N–H and O–H groups in total. The van der Waals surface area contributed by atoms with Gasteiger partial charge in [0.1, 0.15) is 0 Å². The Balaban J connectivity index is 0.00000110. The number of aromatic amines is 1. The maximum Gasteiger partial charge on any atom is 0.326 e. The highest BCUT2D eigenvalue weighted by molar-refractivity contribution is 7.89. The lowest BCUT2D eigenvalue weighted by Gasteiger charge is -2.12. The molecule has 6 nitrogen and oxygen atoms in total. The minimum absolute atomic E-state index is 0. The van der Waals surface area contributed by atoms with Crippen LogP contribution in [0.2, 0.25) is 0 Å². The first kappa shape index (κ1) is 12.4. The second-order valence-electron chi connectivity index (χ2n) is 5.33. The van der Waals surface area contributed by atoms with Crippen molar-refractivity contribution in [2.24, 2.45) is 7.05 Å². The molecule has 0 amide bonds. The third kappa shape index (κ3) is 2.08. The number of benzene rings is 1. The molecule has 1 aliphatic rings. The maximum absolute atomic E-state index is 12.2. The van der Waals surface area contributed by atoms with E-state index in [2.05, 4.69) is 9.71 Å². The van der Waals surface area contributed by atoms with Crippen molar-refractivity contribution in [1.29, 1.82) is 0 Å². The third-order valence-corrected chi connectivity index (χ3v) is 5.20. The molecule has 0 unspecified atom stereocenters. The Morgan fingerprint density at radius 3 is 2.74 bits per heavy atom.